The third-order valence-corrected chi connectivity index (χ3v) is 3.58. The van der Waals surface area contributed by atoms with E-state index in [0.717, 1.165) is 16.8 Å². The minimum absolute atomic E-state index is 0.286. The highest BCUT2D eigenvalue weighted by Crippen LogP contribution is 2.26. The first-order chi connectivity index (χ1) is 11.7. The first kappa shape index (κ1) is 17.0. The maximum atomic E-state index is 12.0. The molecule has 7 heteroatoms. The summed E-state index contributed by atoms with van der Waals surface area (Å²) < 4.78 is 7.19. The van der Waals surface area contributed by atoms with Crippen LogP contribution in [0.3, 0.4) is 0 Å². The fraction of sp³-hybridized carbons (Fsp3) is 0.389. The largest absolute Gasteiger partial charge is 0.444 e. The third kappa shape index (κ3) is 3.81. The molecule has 0 spiro atoms. The lowest BCUT2D eigenvalue weighted by molar-refractivity contribution is 0.0636. The van der Waals surface area contributed by atoms with Gasteiger partial charge in [-0.2, -0.15) is 5.10 Å². The number of aromatic nitrogens is 4. The molecule has 0 aromatic carbocycles. The van der Waals surface area contributed by atoms with Crippen LogP contribution >= 0.6 is 0 Å². The Labute approximate surface area is 146 Å². The number of anilines is 1. The van der Waals surface area contributed by atoms with Crippen LogP contribution in [0.15, 0.2) is 30.7 Å². The molecule has 25 heavy (non-hydrogen) atoms. The van der Waals surface area contributed by atoms with Crippen molar-refractivity contribution in [2.75, 3.05) is 5.32 Å². The highest BCUT2D eigenvalue weighted by atomic mass is 16.6. The third-order valence-electron chi connectivity index (χ3n) is 3.58. The maximum Gasteiger partial charge on any atom is 0.412 e. The lowest BCUT2D eigenvalue weighted by Gasteiger charge is -2.19. The van der Waals surface area contributed by atoms with Gasteiger partial charge in [-0.15, -0.1) is 0 Å². The van der Waals surface area contributed by atoms with Crippen molar-refractivity contribution in [3.05, 3.63) is 30.7 Å². The first-order valence-corrected chi connectivity index (χ1v) is 8.25. The number of nitrogens with one attached hydrogen (secondary N) is 2. The van der Waals surface area contributed by atoms with Gasteiger partial charge in [-0.3, -0.25) is 10.00 Å². The minimum Gasteiger partial charge on any atom is -0.444 e. The Kier molecular flexibility index (Phi) is 4.24. The lowest BCUT2D eigenvalue weighted by atomic mass is 10.2. The molecule has 7 nitrogen and oxygen atoms in total. The topological polar surface area (TPSA) is 84.8 Å². The summed E-state index contributed by atoms with van der Waals surface area (Å²) in [6, 6.07) is 4.15. The van der Waals surface area contributed by atoms with Gasteiger partial charge in [0.25, 0.3) is 0 Å². The lowest BCUT2D eigenvalue weighted by Crippen LogP contribution is -2.27. The number of hydrogen-bond donors (Lipinski definition) is 2. The average molecular weight is 341 g/mol. The van der Waals surface area contributed by atoms with E-state index >= 15 is 0 Å². The second-order valence-electron chi connectivity index (χ2n) is 7.22. The number of carbonyl (C=O) groups excluding carboxylic acids is 1. The zero-order chi connectivity index (χ0) is 18.2. The molecule has 0 fully saturated rings. The van der Waals surface area contributed by atoms with Crippen LogP contribution in [0, 0.1) is 0 Å². The van der Waals surface area contributed by atoms with Gasteiger partial charge in [0, 0.05) is 24.0 Å². The molecule has 3 heterocycles. The van der Waals surface area contributed by atoms with Gasteiger partial charge in [-0.05, 0) is 46.8 Å². The van der Waals surface area contributed by atoms with Gasteiger partial charge < -0.3 is 9.72 Å². The molecule has 0 aliphatic rings. The molecule has 0 unspecified atom stereocenters. The second kappa shape index (κ2) is 6.23. The molecular weight excluding hydrogens is 318 g/mol. The van der Waals surface area contributed by atoms with E-state index in [1.807, 2.05) is 43.8 Å². The monoisotopic (exact) mass is 341 g/mol. The Morgan fingerprint density at radius 2 is 2.08 bits per heavy atom. The van der Waals surface area contributed by atoms with Gasteiger partial charge in [0.1, 0.15) is 11.1 Å². The Bertz CT molecular complexity index is 902. The minimum atomic E-state index is -0.555. The number of amides is 1. The van der Waals surface area contributed by atoms with Gasteiger partial charge in [0.05, 0.1) is 23.1 Å². The number of nitrogens with zero attached hydrogens (tertiary/aromatic N) is 3. The van der Waals surface area contributed by atoms with E-state index < -0.39 is 11.7 Å². The number of fused-ring (bicyclic) bond motifs is 1. The molecule has 1 amide bonds. The van der Waals surface area contributed by atoms with Crippen LogP contribution in [0.2, 0.25) is 0 Å². The van der Waals surface area contributed by atoms with Crippen molar-refractivity contribution >= 4 is 22.8 Å². The van der Waals surface area contributed by atoms with Crippen LogP contribution in [0.4, 0.5) is 10.5 Å². The molecule has 0 aliphatic carbocycles. The molecule has 0 saturated carbocycles. The van der Waals surface area contributed by atoms with E-state index in [4.69, 9.17) is 4.74 Å². The Balaban J connectivity index is 1.90. The smallest absolute Gasteiger partial charge is 0.412 e. The zero-order valence-corrected chi connectivity index (χ0v) is 15.1. The number of carbonyl (C=O) groups is 1. The first-order valence-electron chi connectivity index (χ1n) is 8.25. The van der Waals surface area contributed by atoms with Crippen LogP contribution in [0.5, 0.6) is 0 Å². The maximum absolute atomic E-state index is 12.0. The van der Waals surface area contributed by atoms with Gasteiger partial charge >= 0.3 is 6.09 Å². The van der Waals surface area contributed by atoms with Crippen molar-refractivity contribution in [3.63, 3.8) is 0 Å². The SMILES string of the molecule is CC(C)n1cc(-c2ccc3[nH]cc(NC(=O)OC(C)(C)C)c3n2)cn1. The standard InChI is InChI=1S/C18H23N5O2/c1-11(2)23-10-12(8-20-23)13-6-7-14-16(21-13)15(9-19-14)22-17(24)25-18(3,4)5/h6-11,19H,1-5H3,(H,22,24). The van der Waals surface area contributed by atoms with Crippen molar-refractivity contribution in [1.29, 1.82) is 0 Å². The van der Waals surface area contributed by atoms with E-state index in [1.54, 1.807) is 12.4 Å². The quantitative estimate of drug-likeness (QED) is 0.741. The number of hydrogen-bond acceptors (Lipinski definition) is 4. The number of rotatable bonds is 3. The van der Waals surface area contributed by atoms with E-state index in [-0.39, 0.29) is 6.04 Å². The summed E-state index contributed by atoms with van der Waals surface area (Å²) >= 11 is 0. The van der Waals surface area contributed by atoms with Crippen LogP contribution in [0.25, 0.3) is 22.3 Å². The van der Waals surface area contributed by atoms with Crippen LogP contribution in [-0.2, 0) is 4.74 Å². The summed E-state index contributed by atoms with van der Waals surface area (Å²) in [6.45, 7) is 9.62. The molecule has 3 rings (SSSR count). The van der Waals surface area contributed by atoms with E-state index in [1.165, 1.54) is 0 Å². The van der Waals surface area contributed by atoms with Crippen molar-refractivity contribution in [2.24, 2.45) is 0 Å². The number of aromatic amines is 1. The molecular formula is C18H23N5O2. The molecule has 0 bridgehead atoms. The van der Waals surface area contributed by atoms with Crippen molar-refractivity contribution in [1.82, 2.24) is 19.7 Å². The van der Waals surface area contributed by atoms with Gasteiger partial charge in [0.2, 0.25) is 0 Å². The highest BCUT2D eigenvalue weighted by Gasteiger charge is 2.18. The van der Waals surface area contributed by atoms with E-state index in [2.05, 4.69) is 34.2 Å². The summed E-state index contributed by atoms with van der Waals surface area (Å²) in [7, 11) is 0. The Morgan fingerprint density at radius 3 is 2.72 bits per heavy atom. The fourth-order valence-electron chi connectivity index (χ4n) is 2.42. The Hall–Kier alpha value is -2.83. The summed E-state index contributed by atoms with van der Waals surface area (Å²) in [4.78, 5) is 19.8. The molecule has 0 radical (unpaired) electrons. The van der Waals surface area contributed by atoms with Gasteiger partial charge in [-0.25, -0.2) is 9.78 Å². The summed E-state index contributed by atoms with van der Waals surface area (Å²) in [5.41, 5.74) is 3.28. The molecule has 2 N–H and O–H groups in total. The molecule has 3 aromatic rings. The van der Waals surface area contributed by atoms with Crippen LogP contribution < -0.4 is 5.32 Å². The second-order valence-corrected chi connectivity index (χ2v) is 7.22. The van der Waals surface area contributed by atoms with Crippen molar-refractivity contribution in [2.45, 2.75) is 46.3 Å². The highest BCUT2D eigenvalue weighted by molar-refractivity contribution is 5.98. The van der Waals surface area contributed by atoms with Gasteiger partial charge in [0.15, 0.2) is 0 Å². The number of pyridine rings is 1. The predicted octanol–water partition coefficient (Wildman–Crippen LogP) is 4.35. The van der Waals surface area contributed by atoms with E-state index in [9.17, 15) is 4.79 Å². The average Bonchev–Trinajstić information content (AvgIpc) is 3.12. The van der Waals surface area contributed by atoms with Crippen LogP contribution in [0.1, 0.15) is 40.7 Å². The number of H-pyrrole nitrogens is 1. The molecule has 0 aliphatic heterocycles. The molecule has 0 atom stereocenters. The molecule has 3 aromatic heterocycles. The van der Waals surface area contributed by atoms with Gasteiger partial charge in [-0.1, -0.05) is 0 Å². The fourth-order valence-corrected chi connectivity index (χ4v) is 2.42. The summed E-state index contributed by atoms with van der Waals surface area (Å²) in [6.07, 6.45) is 4.96. The van der Waals surface area contributed by atoms with Crippen LogP contribution in [-0.4, -0.2) is 31.4 Å². The Morgan fingerprint density at radius 1 is 1.32 bits per heavy atom. The summed E-state index contributed by atoms with van der Waals surface area (Å²) in [5, 5.41) is 7.10. The predicted molar refractivity (Wildman–Crippen MR) is 97.6 cm³/mol. The van der Waals surface area contributed by atoms with E-state index in [0.29, 0.717) is 11.2 Å². The molecule has 0 saturated heterocycles. The van der Waals surface area contributed by atoms with Crippen molar-refractivity contribution < 1.29 is 9.53 Å². The molecule has 132 valence electrons. The van der Waals surface area contributed by atoms with Crippen molar-refractivity contribution in [3.8, 4) is 11.3 Å². The normalized spacial score (nSPS) is 11.9. The summed E-state index contributed by atoms with van der Waals surface area (Å²) in [5.74, 6) is 0. The number of ether oxygens (including phenoxy) is 1. The zero-order valence-electron chi connectivity index (χ0n) is 15.1.